The second-order valence-corrected chi connectivity index (χ2v) is 2.74. The van der Waals surface area contributed by atoms with E-state index in [4.69, 9.17) is 4.74 Å². The van der Waals surface area contributed by atoms with Gasteiger partial charge in [-0.05, 0) is 13.0 Å². The number of allylic oxidation sites excluding steroid dienone is 1. The van der Waals surface area contributed by atoms with Gasteiger partial charge in [0.2, 0.25) is 0 Å². The van der Waals surface area contributed by atoms with E-state index in [9.17, 15) is 4.79 Å². The molecule has 1 aromatic rings. The van der Waals surface area contributed by atoms with E-state index in [1.54, 1.807) is 18.2 Å². The zero-order valence-corrected chi connectivity index (χ0v) is 9.19. The molecule has 0 amide bonds. The van der Waals surface area contributed by atoms with E-state index in [-0.39, 0.29) is 5.97 Å². The summed E-state index contributed by atoms with van der Waals surface area (Å²) >= 11 is 0. The molecule has 0 saturated heterocycles. The lowest BCUT2D eigenvalue weighted by atomic mass is 10.2. The van der Waals surface area contributed by atoms with Crippen LogP contribution in [0.4, 0.5) is 0 Å². The fourth-order valence-corrected chi connectivity index (χ4v) is 0.897. The molecule has 0 radical (unpaired) electrons. The number of hydrogen-bond donors (Lipinski definition) is 0. The van der Waals surface area contributed by atoms with Crippen molar-refractivity contribution in [2.45, 2.75) is 13.8 Å². The Kier molecular flexibility index (Phi) is 6.64. The first-order valence-corrected chi connectivity index (χ1v) is 4.62. The van der Waals surface area contributed by atoms with Gasteiger partial charge in [-0.1, -0.05) is 36.9 Å². The van der Waals surface area contributed by atoms with Gasteiger partial charge in [-0.15, -0.1) is 6.58 Å². The molecule has 2 nitrogen and oxygen atoms in total. The largest absolute Gasteiger partial charge is 0.426 e. The Labute approximate surface area is 90.9 Å². The number of esters is 1. The topological polar surface area (TPSA) is 26.3 Å². The highest BCUT2D eigenvalue weighted by Gasteiger charge is 2.00. The van der Waals surface area contributed by atoms with Crippen LogP contribution in [0.2, 0.25) is 0 Å². The molecular weight excluding hydrogens is 188 g/mol. The Morgan fingerprint density at radius 3 is 2.33 bits per heavy atom. The zero-order chi connectivity index (χ0) is 11.7. The Balaban J connectivity index is 0.000000583. The monoisotopic (exact) mass is 204 g/mol. The third-order valence-electron chi connectivity index (χ3n) is 1.39. The van der Waals surface area contributed by atoms with Gasteiger partial charge in [0.25, 0.3) is 0 Å². The predicted octanol–water partition coefficient (Wildman–Crippen LogP) is 3.45. The van der Waals surface area contributed by atoms with Crippen molar-refractivity contribution in [1.29, 1.82) is 0 Å². The summed E-state index contributed by atoms with van der Waals surface area (Å²) in [6.45, 7) is 10.2. The Morgan fingerprint density at radius 2 is 1.87 bits per heavy atom. The van der Waals surface area contributed by atoms with Gasteiger partial charge in [-0.2, -0.15) is 0 Å². The molecule has 0 N–H and O–H groups in total. The SMILES string of the molecule is C=CC.C=Cc1ccccc1OC(C)=O. The van der Waals surface area contributed by atoms with Gasteiger partial charge < -0.3 is 4.74 Å². The zero-order valence-electron chi connectivity index (χ0n) is 9.19. The highest BCUT2D eigenvalue weighted by molar-refractivity contribution is 5.71. The van der Waals surface area contributed by atoms with Crippen LogP contribution in [0, 0.1) is 0 Å². The second-order valence-electron chi connectivity index (χ2n) is 2.74. The fraction of sp³-hybridized carbons (Fsp3) is 0.154. The second kappa shape index (κ2) is 7.56. The van der Waals surface area contributed by atoms with Crippen LogP contribution < -0.4 is 4.74 Å². The normalized spacial score (nSPS) is 8.13. The minimum Gasteiger partial charge on any atom is -0.426 e. The van der Waals surface area contributed by atoms with Gasteiger partial charge in [0.15, 0.2) is 0 Å². The molecule has 0 fully saturated rings. The van der Waals surface area contributed by atoms with Crippen LogP contribution in [0.1, 0.15) is 19.4 Å². The van der Waals surface area contributed by atoms with Crippen LogP contribution >= 0.6 is 0 Å². The molecule has 1 aromatic carbocycles. The first-order valence-electron chi connectivity index (χ1n) is 4.62. The number of carbonyl (C=O) groups is 1. The van der Waals surface area contributed by atoms with Crippen molar-refractivity contribution in [2.24, 2.45) is 0 Å². The minimum absolute atomic E-state index is 0.315. The van der Waals surface area contributed by atoms with E-state index in [0.717, 1.165) is 5.56 Å². The molecule has 0 aliphatic heterocycles. The van der Waals surface area contributed by atoms with Crippen molar-refractivity contribution in [3.63, 3.8) is 0 Å². The number of hydrogen-bond acceptors (Lipinski definition) is 2. The molecule has 0 aliphatic rings. The molecule has 80 valence electrons. The van der Waals surface area contributed by atoms with Gasteiger partial charge in [0, 0.05) is 12.5 Å². The summed E-state index contributed by atoms with van der Waals surface area (Å²) in [4.78, 5) is 10.6. The maximum absolute atomic E-state index is 10.6. The summed E-state index contributed by atoms with van der Waals surface area (Å²) in [5.74, 6) is 0.240. The summed E-state index contributed by atoms with van der Waals surface area (Å²) in [7, 11) is 0. The summed E-state index contributed by atoms with van der Waals surface area (Å²) < 4.78 is 4.93. The first kappa shape index (κ1) is 13.2. The van der Waals surface area contributed by atoms with Crippen LogP contribution in [0.5, 0.6) is 5.75 Å². The number of carbonyl (C=O) groups excluding carboxylic acids is 1. The van der Waals surface area contributed by atoms with Crippen LogP contribution in [0.15, 0.2) is 43.5 Å². The standard InChI is InChI=1S/C10H10O2.C3H6/c1-3-9-6-4-5-7-10(9)12-8(2)11;1-3-2/h3-7H,1H2,2H3;3H,1H2,2H3. The van der Waals surface area contributed by atoms with Crippen LogP contribution in [0.25, 0.3) is 6.08 Å². The van der Waals surface area contributed by atoms with Crippen LogP contribution in [0.3, 0.4) is 0 Å². The van der Waals surface area contributed by atoms with Crippen LogP contribution in [-0.2, 0) is 4.79 Å². The Bertz CT molecular complexity index is 340. The fourth-order valence-electron chi connectivity index (χ4n) is 0.897. The molecule has 0 saturated carbocycles. The van der Waals surface area contributed by atoms with E-state index >= 15 is 0 Å². The summed E-state index contributed by atoms with van der Waals surface area (Å²) in [5.41, 5.74) is 0.827. The molecule has 1 rings (SSSR count). The molecule has 0 aliphatic carbocycles. The molecule has 2 heteroatoms. The average Bonchev–Trinajstić information content (AvgIpc) is 2.19. The van der Waals surface area contributed by atoms with Crippen molar-refractivity contribution < 1.29 is 9.53 Å². The number of rotatable bonds is 2. The Hall–Kier alpha value is -1.83. The number of benzene rings is 1. The molecule has 0 spiro atoms. The minimum atomic E-state index is -0.315. The molecule has 0 aromatic heterocycles. The molecule has 0 heterocycles. The number of para-hydroxylation sites is 1. The first-order chi connectivity index (χ1) is 7.15. The van der Waals surface area contributed by atoms with Gasteiger partial charge in [-0.25, -0.2) is 0 Å². The van der Waals surface area contributed by atoms with E-state index < -0.39 is 0 Å². The number of ether oxygens (including phenoxy) is 1. The van der Waals surface area contributed by atoms with Gasteiger partial charge in [0.1, 0.15) is 5.75 Å². The summed E-state index contributed by atoms with van der Waals surface area (Å²) in [5, 5.41) is 0. The maximum atomic E-state index is 10.6. The highest BCUT2D eigenvalue weighted by Crippen LogP contribution is 2.18. The molecule has 0 atom stereocenters. The third-order valence-corrected chi connectivity index (χ3v) is 1.39. The smallest absolute Gasteiger partial charge is 0.308 e. The molecule has 0 unspecified atom stereocenters. The molecule has 0 bridgehead atoms. The van der Waals surface area contributed by atoms with Crippen molar-refractivity contribution in [2.75, 3.05) is 0 Å². The summed E-state index contributed by atoms with van der Waals surface area (Å²) in [6.07, 6.45) is 3.40. The lowest BCUT2D eigenvalue weighted by molar-refractivity contribution is -0.131. The van der Waals surface area contributed by atoms with Gasteiger partial charge >= 0.3 is 5.97 Å². The average molecular weight is 204 g/mol. The van der Waals surface area contributed by atoms with E-state index in [2.05, 4.69) is 13.2 Å². The predicted molar refractivity (Wildman–Crippen MR) is 63.7 cm³/mol. The van der Waals surface area contributed by atoms with Crippen molar-refractivity contribution in [3.8, 4) is 5.75 Å². The molecular formula is C13H16O2. The van der Waals surface area contributed by atoms with Crippen molar-refractivity contribution in [1.82, 2.24) is 0 Å². The van der Waals surface area contributed by atoms with Crippen LogP contribution in [-0.4, -0.2) is 5.97 Å². The van der Waals surface area contributed by atoms with Crippen molar-refractivity contribution in [3.05, 3.63) is 49.1 Å². The van der Waals surface area contributed by atoms with Crippen molar-refractivity contribution >= 4 is 12.0 Å². The van der Waals surface area contributed by atoms with E-state index in [1.807, 2.05) is 25.1 Å². The summed E-state index contributed by atoms with van der Waals surface area (Å²) in [6, 6.07) is 7.25. The van der Waals surface area contributed by atoms with Gasteiger partial charge in [0.05, 0.1) is 0 Å². The Morgan fingerprint density at radius 1 is 1.33 bits per heavy atom. The lowest BCUT2D eigenvalue weighted by Gasteiger charge is -2.03. The third kappa shape index (κ3) is 5.47. The van der Waals surface area contributed by atoms with E-state index in [1.165, 1.54) is 6.92 Å². The lowest BCUT2D eigenvalue weighted by Crippen LogP contribution is -2.02. The maximum Gasteiger partial charge on any atom is 0.308 e. The van der Waals surface area contributed by atoms with E-state index in [0.29, 0.717) is 5.75 Å². The molecule has 15 heavy (non-hydrogen) atoms. The highest BCUT2D eigenvalue weighted by atomic mass is 16.5. The van der Waals surface area contributed by atoms with Gasteiger partial charge in [-0.3, -0.25) is 4.79 Å². The quantitative estimate of drug-likeness (QED) is 0.419.